The molecule has 8 aromatic carbocycles. The van der Waals surface area contributed by atoms with E-state index in [0.29, 0.717) is 0 Å². The summed E-state index contributed by atoms with van der Waals surface area (Å²) in [6, 6.07) is 56.9. The molecule has 1 nitrogen and oxygen atoms in total. The number of ether oxygens (including phenoxy) is 1. The molecule has 0 spiro atoms. The first-order valence-corrected chi connectivity index (χ1v) is 19.7. The van der Waals surface area contributed by atoms with Crippen LogP contribution in [0.1, 0.15) is 70.7 Å². The predicted molar refractivity (Wildman–Crippen MR) is 233 cm³/mol. The van der Waals surface area contributed by atoms with Gasteiger partial charge in [0, 0.05) is 10.8 Å². The molecule has 10 rings (SSSR count). The Balaban J connectivity index is 1.08. The lowest BCUT2D eigenvalue weighted by molar-refractivity contribution is 0.131. The van der Waals surface area contributed by atoms with Gasteiger partial charge in [-0.3, -0.25) is 0 Å². The van der Waals surface area contributed by atoms with Gasteiger partial charge in [0.25, 0.3) is 0 Å². The van der Waals surface area contributed by atoms with Gasteiger partial charge < -0.3 is 4.74 Å². The second kappa shape index (κ2) is 11.8. The highest BCUT2D eigenvalue weighted by Gasteiger charge is 2.38. The fourth-order valence-electron chi connectivity index (χ4n) is 9.75. The van der Waals surface area contributed by atoms with Crippen LogP contribution in [0.15, 0.2) is 152 Å². The number of rotatable bonds is 4. The summed E-state index contributed by atoms with van der Waals surface area (Å²) in [7, 11) is 0. The minimum atomic E-state index is -0.246. The van der Waals surface area contributed by atoms with Crippen molar-refractivity contribution in [3.63, 3.8) is 0 Å². The van der Waals surface area contributed by atoms with Gasteiger partial charge in [0.05, 0.1) is 0 Å². The van der Waals surface area contributed by atoms with Crippen molar-refractivity contribution in [1.29, 1.82) is 0 Å². The van der Waals surface area contributed by atoms with Crippen LogP contribution in [0.25, 0.3) is 77.2 Å². The Morgan fingerprint density at radius 2 is 0.727 bits per heavy atom. The largest absolute Gasteiger partial charge is 0.488 e. The van der Waals surface area contributed by atoms with Crippen molar-refractivity contribution < 1.29 is 4.74 Å². The van der Waals surface area contributed by atoms with Crippen molar-refractivity contribution in [1.82, 2.24) is 0 Å². The summed E-state index contributed by atoms with van der Waals surface area (Å²) in [5.41, 5.74) is 18.1. The van der Waals surface area contributed by atoms with E-state index in [1.807, 2.05) is 0 Å². The molecule has 0 unspecified atom stereocenters. The maximum Gasteiger partial charge on any atom is 0.120 e. The molecule has 0 atom stereocenters. The molecule has 0 saturated heterocycles. The summed E-state index contributed by atoms with van der Waals surface area (Å²) in [6.45, 7) is 15.8. The van der Waals surface area contributed by atoms with Gasteiger partial charge in [-0.15, -0.1) is 0 Å². The molecule has 0 saturated carbocycles. The highest BCUT2D eigenvalue weighted by atomic mass is 16.5. The van der Waals surface area contributed by atoms with Crippen LogP contribution in [-0.4, -0.2) is 5.60 Å². The first-order chi connectivity index (χ1) is 26.4. The molecule has 268 valence electrons. The molecule has 0 fully saturated rings. The molecule has 1 heteroatoms. The van der Waals surface area contributed by atoms with E-state index in [1.165, 1.54) is 99.4 Å². The van der Waals surface area contributed by atoms with Gasteiger partial charge in [-0.1, -0.05) is 149 Å². The third-order valence-electron chi connectivity index (χ3n) is 12.4. The lowest BCUT2D eigenvalue weighted by Crippen LogP contribution is -2.22. The standard InChI is InChI=1S/C54H46O/c1-52(2,3)55-37-25-20-33(21-26-37)50-42-15-8-10-17-44(42)51(45-18-11-9-16-43(45)50)36-24-29-41-40-28-23-35(31-48(40)54(6,7)49(41)32-36)34-22-27-39-38-14-12-13-19-46(38)53(4,5)47(39)30-34/h8-32H,1-7H3. The molecule has 0 heterocycles. The van der Waals surface area contributed by atoms with E-state index in [0.717, 1.165) is 5.75 Å². The Bertz CT molecular complexity index is 2800. The van der Waals surface area contributed by atoms with Crippen molar-refractivity contribution in [2.75, 3.05) is 0 Å². The van der Waals surface area contributed by atoms with Crippen LogP contribution in [0.5, 0.6) is 5.75 Å². The van der Waals surface area contributed by atoms with E-state index in [2.05, 4.69) is 200 Å². The predicted octanol–water partition coefficient (Wildman–Crippen LogP) is 14.8. The molecule has 0 bridgehead atoms. The summed E-state index contributed by atoms with van der Waals surface area (Å²) in [6.07, 6.45) is 0. The van der Waals surface area contributed by atoms with Crippen LogP contribution in [0, 0.1) is 0 Å². The normalized spacial score (nSPS) is 14.7. The zero-order valence-electron chi connectivity index (χ0n) is 32.8. The summed E-state index contributed by atoms with van der Waals surface area (Å²) < 4.78 is 6.18. The quantitative estimate of drug-likeness (QED) is 0.165. The summed E-state index contributed by atoms with van der Waals surface area (Å²) >= 11 is 0. The van der Waals surface area contributed by atoms with E-state index < -0.39 is 0 Å². The van der Waals surface area contributed by atoms with Gasteiger partial charge in [-0.2, -0.15) is 0 Å². The highest BCUT2D eigenvalue weighted by Crippen LogP contribution is 2.53. The summed E-state index contributed by atoms with van der Waals surface area (Å²) in [5, 5.41) is 5.05. The van der Waals surface area contributed by atoms with Crippen LogP contribution in [0.3, 0.4) is 0 Å². The minimum absolute atomic E-state index is 0.0250. The zero-order chi connectivity index (χ0) is 37.9. The smallest absolute Gasteiger partial charge is 0.120 e. The number of fused-ring (bicyclic) bond motifs is 8. The topological polar surface area (TPSA) is 9.23 Å². The van der Waals surface area contributed by atoms with Gasteiger partial charge in [0.15, 0.2) is 0 Å². The van der Waals surface area contributed by atoms with Crippen molar-refractivity contribution >= 4 is 21.5 Å². The fourth-order valence-corrected chi connectivity index (χ4v) is 9.75. The molecule has 55 heavy (non-hydrogen) atoms. The van der Waals surface area contributed by atoms with E-state index in [9.17, 15) is 0 Å². The van der Waals surface area contributed by atoms with Crippen LogP contribution in [0.2, 0.25) is 0 Å². The number of benzene rings is 8. The summed E-state index contributed by atoms with van der Waals surface area (Å²) in [4.78, 5) is 0. The summed E-state index contributed by atoms with van der Waals surface area (Å²) in [5.74, 6) is 0.887. The molecule has 0 aliphatic heterocycles. The molecule has 2 aliphatic rings. The number of hydrogen-bond donors (Lipinski definition) is 0. The lowest BCUT2D eigenvalue weighted by Gasteiger charge is -2.24. The molecule has 0 N–H and O–H groups in total. The zero-order valence-corrected chi connectivity index (χ0v) is 32.8. The van der Waals surface area contributed by atoms with E-state index in [4.69, 9.17) is 4.74 Å². The van der Waals surface area contributed by atoms with Crippen LogP contribution >= 0.6 is 0 Å². The lowest BCUT2D eigenvalue weighted by atomic mass is 9.79. The van der Waals surface area contributed by atoms with Gasteiger partial charge >= 0.3 is 0 Å². The second-order valence-electron chi connectivity index (χ2n) is 17.7. The van der Waals surface area contributed by atoms with E-state index in [-0.39, 0.29) is 16.4 Å². The molecule has 0 amide bonds. The Morgan fingerprint density at radius 3 is 1.22 bits per heavy atom. The van der Waals surface area contributed by atoms with Gasteiger partial charge in [-0.05, 0) is 151 Å². The monoisotopic (exact) mass is 710 g/mol. The second-order valence-corrected chi connectivity index (χ2v) is 17.7. The van der Waals surface area contributed by atoms with Crippen LogP contribution in [-0.2, 0) is 10.8 Å². The Morgan fingerprint density at radius 1 is 0.364 bits per heavy atom. The molecule has 2 aliphatic carbocycles. The van der Waals surface area contributed by atoms with Gasteiger partial charge in [0.2, 0.25) is 0 Å². The van der Waals surface area contributed by atoms with E-state index in [1.54, 1.807) is 0 Å². The molecule has 0 aromatic heterocycles. The van der Waals surface area contributed by atoms with Crippen molar-refractivity contribution in [3.8, 4) is 61.4 Å². The molecule has 0 radical (unpaired) electrons. The average molecular weight is 711 g/mol. The van der Waals surface area contributed by atoms with Crippen molar-refractivity contribution in [3.05, 3.63) is 174 Å². The van der Waals surface area contributed by atoms with E-state index >= 15 is 0 Å². The molecular weight excluding hydrogens is 665 g/mol. The Hall–Kier alpha value is -5.92. The molecular formula is C54H46O. The van der Waals surface area contributed by atoms with Gasteiger partial charge in [-0.25, -0.2) is 0 Å². The van der Waals surface area contributed by atoms with Crippen molar-refractivity contribution in [2.24, 2.45) is 0 Å². The highest BCUT2D eigenvalue weighted by molar-refractivity contribution is 6.21. The Kier molecular flexibility index (Phi) is 7.21. The average Bonchev–Trinajstić information content (AvgIpc) is 3.55. The fraction of sp³-hybridized carbons (Fsp3) is 0.185. The minimum Gasteiger partial charge on any atom is -0.488 e. The SMILES string of the molecule is CC(C)(C)Oc1ccc(-c2c3ccccc3c(-c3ccc4c(c3)C(C)(C)c3cc(-c5ccc6c(c5)C(C)(C)c5ccccc5-6)ccc3-4)c3ccccc23)cc1. The van der Waals surface area contributed by atoms with Gasteiger partial charge in [0.1, 0.15) is 11.4 Å². The third-order valence-corrected chi connectivity index (χ3v) is 12.4. The maximum absolute atomic E-state index is 6.18. The first kappa shape index (κ1) is 33.6. The Labute approximate surface area is 325 Å². The molecule has 8 aromatic rings. The maximum atomic E-state index is 6.18. The first-order valence-electron chi connectivity index (χ1n) is 19.7. The van der Waals surface area contributed by atoms with Crippen LogP contribution in [0.4, 0.5) is 0 Å². The third kappa shape index (κ3) is 5.13. The number of hydrogen-bond acceptors (Lipinski definition) is 1. The van der Waals surface area contributed by atoms with Crippen molar-refractivity contribution in [2.45, 2.75) is 64.9 Å². The van der Waals surface area contributed by atoms with Crippen LogP contribution < -0.4 is 4.74 Å².